The fourth-order valence-corrected chi connectivity index (χ4v) is 3.32. The molecule has 0 saturated carbocycles. The second kappa shape index (κ2) is 7.19. The number of H-pyrrole nitrogens is 1. The quantitative estimate of drug-likeness (QED) is 0.636. The minimum atomic E-state index is -4.64. The van der Waals surface area contributed by atoms with Gasteiger partial charge >= 0.3 is 6.18 Å². The predicted octanol–water partition coefficient (Wildman–Crippen LogP) is 2.56. The molecule has 146 valence electrons. The molecule has 3 N–H and O–H groups in total. The van der Waals surface area contributed by atoms with E-state index in [4.69, 9.17) is 0 Å². The fourth-order valence-electron chi connectivity index (χ4n) is 3.32. The molecule has 3 aromatic heterocycles. The summed E-state index contributed by atoms with van der Waals surface area (Å²) in [6.07, 6.45) is 0.619. The molecule has 0 amide bonds. The minimum Gasteiger partial charge on any atom is -0.356 e. The third kappa shape index (κ3) is 3.55. The molecule has 0 aliphatic carbocycles. The van der Waals surface area contributed by atoms with Crippen LogP contribution in [-0.2, 0) is 6.18 Å². The van der Waals surface area contributed by atoms with Crippen molar-refractivity contribution in [3.05, 3.63) is 46.6 Å². The summed E-state index contributed by atoms with van der Waals surface area (Å²) in [4.78, 5) is 26.5. The Kier molecular flexibility index (Phi) is 4.71. The molecule has 10 heteroatoms. The molecule has 1 aliphatic rings. The van der Waals surface area contributed by atoms with Crippen LogP contribution in [0.15, 0.2) is 35.5 Å². The SMILES string of the molecule is O=c1ncccc2c(-c3nc(NC4CCCNC4)ncc3C(F)(F)F)c[nH]c12. The van der Waals surface area contributed by atoms with Crippen molar-refractivity contribution in [1.82, 2.24) is 25.3 Å². The second-order valence-corrected chi connectivity index (χ2v) is 6.57. The Bertz CT molecular complexity index is 1060. The van der Waals surface area contributed by atoms with Crippen LogP contribution in [0.25, 0.3) is 22.2 Å². The van der Waals surface area contributed by atoms with Gasteiger partial charge in [0.1, 0.15) is 11.1 Å². The summed E-state index contributed by atoms with van der Waals surface area (Å²) in [5.74, 6) is 0.117. The second-order valence-electron chi connectivity index (χ2n) is 6.57. The topological polar surface area (TPSA) is 95.6 Å². The molecule has 1 aliphatic heterocycles. The van der Waals surface area contributed by atoms with E-state index in [0.717, 1.165) is 25.6 Å². The molecule has 1 fully saturated rings. The van der Waals surface area contributed by atoms with Gasteiger partial charge in [0.25, 0.3) is 5.56 Å². The average molecular weight is 390 g/mol. The van der Waals surface area contributed by atoms with E-state index in [0.29, 0.717) is 11.9 Å². The molecule has 4 rings (SSSR count). The highest BCUT2D eigenvalue weighted by Crippen LogP contribution is 2.38. The van der Waals surface area contributed by atoms with Gasteiger partial charge in [-0.3, -0.25) is 4.79 Å². The maximum Gasteiger partial charge on any atom is 0.419 e. The number of piperidine rings is 1. The molecule has 7 nitrogen and oxygen atoms in total. The number of halogens is 3. The number of aromatic amines is 1. The molecule has 1 unspecified atom stereocenters. The number of aromatic nitrogens is 4. The van der Waals surface area contributed by atoms with E-state index in [2.05, 4.69) is 30.6 Å². The lowest BCUT2D eigenvalue weighted by atomic mass is 10.1. The summed E-state index contributed by atoms with van der Waals surface area (Å²) >= 11 is 0. The van der Waals surface area contributed by atoms with Crippen molar-refractivity contribution in [1.29, 1.82) is 0 Å². The maximum atomic E-state index is 13.6. The van der Waals surface area contributed by atoms with Crippen LogP contribution >= 0.6 is 0 Å². The number of nitrogens with zero attached hydrogens (tertiary/aromatic N) is 3. The first-order valence-electron chi connectivity index (χ1n) is 8.82. The van der Waals surface area contributed by atoms with Gasteiger partial charge in [0.2, 0.25) is 5.95 Å². The Hall–Kier alpha value is -3.01. The third-order valence-corrected chi connectivity index (χ3v) is 4.65. The number of hydrogen-bond acceptors (Lipinski definition) is 6. The standard InChI is InChI=1S/C18H17F3N6O/c19-18(20,21)13-9-25-17(26-10-3-1-5-22-7-10)27-14(13)12-8-24-15-11(12)4-2-6-23-16(15)28/h2,4,6,8-10,22,24H,1,3,5,7H2,(H,25,26,27). The normalized spacial score (nSPS) is 17.6. The summed E-state index contributed by atoms with van der Waals surface area (Å²) in [5.41, 5.74) is -1.51. The number of nitrogens with one attached hydrogen (secondary N) is 3. The van der Waals surface area contributed by atoms with E-state index < -0.39 is 17.3 Å². The Labute approximate surface area is 157 Å². The Morgan fingerprint density at radius 1 is 1.25 bits per heavy atom. The number of anilines is 1. The van der Waals surface area contributed by atoms with Gasteiger partial charge in [-0.25, -0.2) is 15.0 Å². The van der Waals surface area contributed by atoms with Crippen LogP contribution in [0.1, 0.15) is 18.4 Å². The molecule has 1 atom stereocenters. The van der Waals surface area contributed by atoms with E-state index in [9.17, 15) is 18.0 Å². The number of fused-ring (bicyclic) bond motifs is 1. The van der Waals surface area contributed by atoms with Gasteiger partial charge in [0, 0.05) is 42.1 Å². The predicted molar refractivity (Wildman–Crippen MR) is 97.9 cm³/mol. The summed E-state index contributed by atoms with van der Waals surface area (Å²) in [6.45, 7) is 1.60. The Morgan fingerprint density at radius 3 is 2.86 bits per heavy atom. The van der Waals surface area contributed by atoms with Crippen molar-refractivity contribution in [2.75, 3.05) is 18.4 Å². The van der Waals surface area contributed by atoms with Gasteiger partial charge in [-0.2, -0.15) is 13.2 Å². The first-order chi connectivity index (χ1) is 13.4. The largest absolute Gasteiger partial charge is 0.419 e. The van der Waals surface area contributed by atoms with Crippen LogP contribution in [0.4, 0.5) is 19.1 Å². The zero-order chi connectivity index (χ0) is 19.7. The maximum absolute atomic E-state index is 13.6. The van der Waals surface area contributed by atoms with Crippen LogP contribution < -0.4 is 16.2 Å². The van der Waals surface area contributed by atoms with E-state index in [1.165, 1.54) is 24.5 Å². The van der Waals surface area contributed by atoms with Gasteiger partial charge in [-0.15, -0.1) is 0 Å². The smallest absolute Gasteiger partial charge is 0.356 e. The van der Waals surface area contributed by atoms with E-state index in [1.54, 1.807) is 0 Å². The first-order valence-corrected chi connectivity index (χ1v) is 8.82. The van der Waals surface area contributed by atoms with Crippen molar-refractivity contribution in [3.63, 3.8) is 0 Å². The van der Waals surface area contributed by atoms with Crippen molar-refractivity contribution >= 4 is 16.9 Å². The molecule has 0 spiro atoms. The minimum absolute atomic E-state index is 0.0385. The van der Waals surface area contributed by atoms with Crippen LogP contribution in [0.2, 0.25) is 0 Å². The average Bonchev–Trinajstić information content (AvgIpc) is 3.00. The Balaban J connectivity index is 1.84. The van der Waals surface area contributed by atoms with Crippen LogP contribution in [0, 0.1) is 0 Å². The molecule has 0 aromatic carbocycles. The Morgan fingerprint density at radius 2 is 2.11 bits per heavy atom. The molecule has 4 heterocycles. The summed E-state index contributed by atoms with van der Waals surface area (Å²) < 4.78 is 40.8. The lowest BCUT2D eigenvalue weighted by Gasteiger charge is -2.24. The van der Waals surface area contributed by atoms with E-state index in [1.807, 2.05) is 0 Å². The first kappa shape index (κ1) is 18.4. The van der Waals surface area contributed by atoms with Crippen molar-refractivity contribution in [3.8, 4) is 11.3 Å². The van der Waals surface area contributed by atoms with Crippen LogP contribution in [0.5, 0.6) is 0 Å². The summed E-state index contributed by atoms with van der Waals surface area (Å²) in [6, 6.07) is 3.08. The number of alkyl halides is 3. The monoisotopic (exact) mass is 390 g/mol. The van der Waals surface area contributed by atoms with E-state index in [-0.39, 0.29) is 28.8 Å². The lowest BCUT2D eigenvalue weighted by molar-refractivity contribution is -0.137. The molecular weight excluding hydrogens is 373 g/mol. The highest BCUT2D eigenvalue weighted by molar-refractivity contribution is 5.94. The zero-order valence-corrected chi connectivity index (χ0v) is 14.7. The molecule has 3 aromatic rings. The molecule has 1 saturated heterocycles. The van der Waals surface area contributed by atoms with Crippen molar-refractivity contribution in [2.45, 2.75) is 25.1 Å². The molecule has 28 heavy (non-hydrogen) atoms. The van der Waals surface area contributed by atoms with Gasteiger partial charge in [0.15, 0.2) is 0 Å². The summed E-state index contributed by atoms with van der Waals surface area (Å²) in [5, 5.41) is 6.63. The van der Waals surface area contributed by atoms with Crippen molar-refractivity contribution in [2.24, 2.45) is 0 Å². The molecule has 0 bridgehead atoms. The van der Waals surface area contributed by atoms with Gasteiger partial charge in [-0.1, -0.05) is 6.07 Å². The molecule has 0 radical (unpaired) electrons. The van der Waals surface area contributed by atoms with Crippen molar-refractivity contribution < 1.29 is 13.2 Å². The highest BCUT2D eigenvalue weighted by Gasteiger charge is 2.36. The van der Waals surface area contributed by atoms with Crippen LogP contribution in [0.3, 0.4) is 0 Å². The highest BCUT2D eigenvalue weighted by atomic mass is 19.4. The number of rotatable bonds is 3. The van der Waals surface area contributed by atoms with Gasteiger partial charge < -0.3 is 15.6 Å². The van der Waals surface area contributed by atoms with Crippen LogP contribution in [-0.4, -0.2) is 39.1 Å². The molecular formula is C18H17F3N6O. The zero-order valence-electron chi connectivity index (χ0n) is 14.7. The lowest BCUT2D eigenvalue weighted by Crippen LogP contribution is -2.38. The van der Waals surface area contributed by atoms with Gasteiger partial charge in [-0.05, 0) is 25.5 Å². The third-order valence-electron chi connectivity index (χ3n) is 4.65. The fraction of sp³-hybridized carbons (Fsp3) is 0.333. The van der Waals surface area contributed by atoms with E-state index >= 15 is 0 Å². The number of hydrogen-bond donors (Lipinski definition) is 3. The summed E-state index contributed by atoms with van der Waals surface area (Å²) in [7, 11) is 0. The van der Waals surface area contributed by atoms with Gasteiger partial charge in [0.05, 0.1) is 5.69 Å².